The van der Waals surface area contributed by atoms with Crippen molar-refractivity contribution in [1.82, 2.24) is 0 Å². The lowest BCUT2D eigenvalue weighted by molar-refractivity contribution is 0.484. The van der Waals surface area contributed by atoms with Crippen molar-refractivity contribution < 1.29 is 0 Å². The molecule has 1 aliphatic heterocycles. The first-order valence-corrected chi connectivity index (χ1v) is 3.48. The van der Waals surface area contributed by atoms with Crippen molar-refractivity contribution in [2.24, 2.45) is 21.6 Å². The van der Waals surface area contributed by atoms with Gasteiger partial charge in [-0.2, -0.15) is 10.2 Å². The highest BCUT2D eigenvalue weighted by Crippen LogP contribution is 2.66. The predicted molar refractivity (Wildman–Crippen MR) is 35.4 cm³/mol. The van der Waals surface area contributed by atoms with E-state index in [1.165, 1.54) is 0 Å². The van der Waals surface area contributed by atoms with Crippen LogP contribution in [0.1, 0.15) is 20.8 Å². The van der Waals surface area contributed by atoms with E-state index in [1.807, 2.05) is 0 Å². The molecule has 0 aromatic rings. The Balaban J connectivity index is 2.36. The summed E-state index contributed by atoms with van der Waals surface area (Å²) in [6, 6.07) is 0. The first kappa shape index (κ1) is 5.39. The lowest BCUT2D eigenvalue weighted by atomic mass is 10.1. The molecule has 50 valence electrons. The van der Waals surface area contributed by atoms with E-state index in [1.54, 1.807) is 0 Å². The van der Waals surface area contributed by atoms with Crippen LogP contribution >= 0.6 is 0 Å². The van der Waals surface area contributed by atoms with Gasteiger partial charge < -0.3 is 0 Å². The van der Waals surface area contributed by atoms with E-state index in [0.717, 1.165) is 12.5 Å². The number of azo groups is 1. The van der Waals surface area contributed by atoms with Crippen LogP contribution in [-0.2, 0) is 0 Å². The Morgan fingerprint density at radius 2 is 2.00 bits per heavy atom. The molecule has 0 bridgehead atoms. The maximum absolute atomic E-state index is 4.22. The van der Waals surface area contributed by atoms with Gasteiger partial charge in [0.05, 0.1) is 12.1 Å². The summed E-state index contributed by atoms with van der Waals surface area (Å²) >= 11 is 0. The van der Waals surface area contributed by atoms with Gasteiger partial charge in [-0.25, -0.2) is 0 Å². The minimum Gasteiger partial charge on any atom is -0.193 e. The van der Waals surface area contributed by atoms with Gasteiger partial charge in [-0.05, 0) is 12.3 Å². The first-order chi connectivity index (χ1) is 4.09. The quantitative estimate of drug-likeness (QED) is 0.471. The van der Waals surface area contributed by atoms with E-state index in [2.05, 4.69) is 31.0 Å². The standard InChI is InChI=1S/C7H12N2/c1-6(2)5-4-8-9-7(5,6)3/h5H,4H2,1-3H3. The molecule has 0 aromatic carbocycles. The van der Waals surface area contributed by atoms with Gasteiger partial charge >= 0.3 is 0 Å². The van der Waals surface area contributed by atoms with Crippen molar-refractivity contribution in [3.8, 4) is 0 Å². The van der Waals surface area contributed by atoms with Gasteiger partial charge in [0.1, 0.15) is 0 Å². The highest BCUT2D eigenvalue weighted by atomic mass is 15.3. The molecule has 1 aliphatic carbocycles. The first-order valence-electron chi connectivity index (χ1n) is 3.48. The molecule has 2 nitrogen and oxygen atoms in total. The number of rotatable bonds is 0. The average molecular weight is 124 g/mol. The third kappa shape index (κ3) is 0.364. The summed E-state index contributed by atoms with van der Waals surface area (Å²) in [5.41, 5.74) is 0.655. The second kappa shape index (κ2) is 1.07. The molecular weight excluding hydrogens is 112 g/mol. The van der Waals surface area contributed by atoms with Gasteiger partial charge in [0.25, 0.3) is 0 Å². The summed E-state index contributed by atoms with van der Waals surface area (Å²) in [6.45, 7) is 7.71. The molecule has 2 aliphatic rings. The van der Waals surface area contributed by atoms with Gasteiger partial charge in [0.15, 0.2) is 0 Å². The van der Waals surface area contributed by atoms with Crippen LogP contribution < -0.4 is 0 Å². The van der Waals surface area contributed by atoms with E-state index >= 15 is 0 Å². The van der Waals surface area contributed by atoms with E-state index in [4.69, 9.17) is 0 Å². The Morgan fingerprint density at radius 3 is 2.22 bits per heavy atom. The van der Waals surface area contributed by atoms with E-state index in [-0.39, 0.29) is 5.54 Å². The zero-order chi connectivity index (χ0) is 6.70. The van der Waals surface area contributed by atoms with Crippen LogP contribution in [0.15, 0.2) is 10.2 Å². The zero-order valence-electron chi connectivity index (χ0n) is 6.18. The fourth-order valence-electron chi connectivity index (χ4n) is 1.95. The van der Waals surface area contributed by atoms with Crippen LogP contribution in [0.25, 0.3) is 0 Å². The monoisotopic (exact) mass is 124 g/mol. The van der Waals surface area contributed by atoms with Crippen LogP contribution in [-0.4, -0.2) is 12.1 Å². The lowest BCUT2D eigenvalue weighted by Gasteiger charge is -2.05. The van der Waals surface area contributed by atoms with Crippen molar-refractivity contribution in [1.29, 1.82) is 0 Å². The highest BCUT2D eigenvalue weighted by molar-refractivity contribution is 5.24. The summed E-state index contributed by atoms with van der Waals surface area (Å²) in [5, 5.41) is 8.23. The molecular formula is C7H12N2. The Bertz CT molecular complexity index is 183. The molecule has 1 saturated carbocycles. The van der Waals surface area contributed by atoms with Gasteiger partial charge in [0.2, 0.25) is 0 Å². The Hall–Kier alpha value is -0.400. The second-order valence-corrected chi connectivity index (χ2v) is 3.85. The molecule has 9 heavy (non-hydrogen) atoms. The van der Waals surface area contributed by atoms with E-state index < -0.39 is 0 Å². The predicted octanol–water partition coefficient (Wildman–Crippen LogP) is 1.87. The molecule has 1 fully saturated rings. The molecule has 1 heterocycles. The topological polar surface area (TPSA) is 24.7 Å². The molecule has 0 saturated heterocycles. The van der Waals surface area contributed by atoms with Gasteiger partial charge in [0, 0.05) is 5.92 Å². The minimum absolute atomic E-state index is 0.215. The fraction of sp³-hybridized carbons (Fsp3) is 1.00. The van der Waals surface area contributed by atoms with Gasteiger partial charge in [-0.1, -0.05) is 13.8 Å². The van der Waals surface area contributed by atoms with Crippen LogP contribution in [0, 0.1) is 11.3 Å². The van der Waals surface area contributed by atoms with Crippen molar-refractivity contribution in [2.45, 2.75) is 26.3 Å². The molecule has 2 unspecified atom stereocenters. The average Bonchev–Trinajstić information content (AvgIpc) is 2.21. The summed E-state index contributed by atoms with van der Waals surface area (Å²) in [5.74, 6) is 0.741. The van der Waals surface area contributed by atoms with E-state index in [0.29, 0.717) is 5.41 Å². The third-order valence-corrected chi connectivity index (χ3v) is 3.31. The summed E-state index contributed by atoms with van der Waals surface area (Å²) in [4.78, 5) is 0. The molecule has 2 atom stereocenters. The van der Waals surface area contributed by atoms with Crippen molar-refractivity contribution in [2.75, 3.05) is 6.54 Å². The number of hydrogen-bond acceptors (Lipinski definition) is 2. The molecule has 2 heteroatoms. The summed E-state index contributed by atoms with van der Waals surface area (Å²) in [6.07, 6.45) is 0. The maximum atomic E-state index is 4.22. The maximum Gasteiger partial charge on any atom is 0.0895 e. The molecule has 0 N–H and O–H groups in total. The Kier molecular flexibility index (Phi) is 0.640. The van der Waals surface area contributed by atoms with Crippen LogP contribution in [0.5, 0.6) is 0 Å². The SMILES string of the molecule is CC1(C)C2CN=NC21C. The molecule has 2 rings (SSSR count). The molecule has 0 amide bonds. The van der Waals surface area contributed by atoms with Crippen molar-refractivity contribution >= 4 is 0 Å². The van der Waals surface area contributed by atoms with Crippen LogP contribution in [0.3, 0.4) is 0 Å². The normalized spacial score (nSPS) is 51.2. The smallest absolute Gasteiger partial charge is 0.0895 e. The number of fused-ring (bicyclic) bond motifs is 1. The van der Waals surface area contributed by atoms with Crippen LogP contribution in [0.2, 0.25) is 0 Å². The molecule has 0 spiro atoms. The number of hydrogen-bond donors (Lipinski definition) is 0. The highest BCUT2D eigenvalue weighted by Gasteiger charge is 2.71. The summed E-state index contributed by atoms with van der Waals surface area (Å²) in [7, 11) is 0. The minimum atomic E-state index is 0.215. The Labute approximate surface area is 55.4 Å². The fourth-order valence-corrected chi connectivity index (χ4v) is 1.95. The van der Waals surface area contributed by atoms with Gasteiger partial charge in [-0.3, -0.25) is 0 Å². The van der Waals surface area contributed by atoms with Crippen molar-refractivity contribution in [3.05, 3.63) is 0 Å². The van der Waals surface area contributed by atoms with Crippen LogP contribution in [0.4, 0.5) is 0 Å². The lowest BCUT2D eigenvalue weighted by Crippen LogP contribution is -2.05. The number of nitrogens with zero attached hydrogens (tertiary/aromatic N) is 2. The summed E-state index contributed by atoms with van der Waals surface area (Å²) < 4.78 is 0. The largest absolute Gasteiger partial charge is 0.193 e. The Morgan fingerprint density at radius 1 is 1.33 bits per heavy atom. The molecule has 0 radical (unpaired) electrons. The van der Waals surface area contributed by atoms with E-state index in [9.17, 15) is 0 Å². The molecule has 0 aromatic heterocycles. The van der Waals surface area contributed by atoms with Gasteiger partial charge in [-0.15, -0.1) is 0 Å². The zero-order valence-corrected chi connectivity index (χ0v) is 6.18. The third-order valence-electron chi connectivity index (χ3n) is 3.31. The second-order valence-electron chi connectivity index (χ2n) is 3.85. The van der Waals surface area contributed by atoms with Crippen molar-refractivity contribution in [3.63, 3.8) is 0 Å².